The molecule has 2 atom stereocenters. The van der Waals surface area contributed by atoms with Gasteiger partial charge in [-0.25, -0.2) is 4.98 Å². The summed E-state index contributed by atoms with van der Waals surface area (Å²) < 4.78 is 0. The number of aromatic nitrogens is 1. The number of nitrogens with one attached hydrogen (secondary N) is 2. The number of Topliss-reactive ketones (excluding diaryl/α,β-unsaturated/α-hetero) is 1. The maximum absolute atomic E-state index is 13.8. The molecule has 1 aromatic heterocycles. The normalized spacial score (nSPS) is 15.0. The number of rotatable bonds is 15. The quantitative estimate of drug-likeness (QED) is 0.125. The molecule has 4 N–H and O–H groups in total. The summed E-state index contributed by atoms with van der Waals surface area (Å²) in [7, 11) is 0. The number of hydrogen-bond donors (Lipinski definition) is 3. The highest BCUT2D eigenvalue weighted by Crippen LogP contribution is 2.22. The van der Waals surface area contributed by atoms with Crippen LogP contribution in [0.4, 0.5) is 5.82 Å². The van der Waals surface area contributed by atoms with Gasteiger partial charge in [0, 0.05) is 24.0 Å². The molecule has 0 saturated carbocycles. The predicted octanol–water partition coefficient (Wildman–Crippen LogP) is 6.86. The van der Waals surface area contributed by atoms with Crippen LogP contribution in [0.5, 0.6) is 0 Å². The molecule has 0 bridgehead atoms. The number of likely N-dealkylation sites (tertiary alicyclic amines) is 1. The third kappa shape index (κ3) is 9.84. The van der Waals surface area contributed by atoms with Crippen LogP contribution in [0.15, 0.2) is 72.9 Å². The molecule has 246 valence electrons. The molecule has 0 spiro atoms. The van der Waals surface area contributed by atoms with E-state index >= 15 is 0 Å². The van der Waals surface area contributed by atoms with E-state index in [4.69, 9.17) is 5.73 Å². The van der Waals surface area contributed by atoms with Crippen molar-refractivity contribution >= 4 is 39.1 Å². The van der Waals surface area contributed by atoms with Crippen molar-refractivity contribution in [3.05, 3.63) is 84.1 Å². The fourth-order valence-electron chi connectivity index (χ4n) is 6.53. The second kappa shape index (κ2) is 17.2. The van der Waals surface area contributed by atoms with E-state index in [1.54, 1.807) is 6.20 Å². The first-order valence-corrected chi connectivity index (χ1v) is 16.8. The highest BCUT2D eigenvalue weighted by molar-refractivity contribution is 5.93. The zero-order valence-corrected chi connectivity index (χ0v) is 26.9. The lowest BCUT2D eigenvalue weighted by Crippen LogP contribution is -2.52. The second-order valence-corrected chi connectivity index (χ2v) is 12.9. The summed E-state index contributed by atoms with van der Waals surface area (Å²) in [5.74, 6) is 0.457. The van der Waals surface area contributed by atoms with E-state index in [1.165, 1.54) is 32.4 Å². The van der Waals surface area contributed by atoms with Crippen LogP contribution in [0.1, 0.15) is 77.3 Å². The van der Waals surface area contributed by atoms with Gasteiger partial charge in [-0.15, -0.1) is 0 Å². The Balaban J connectivity index is 0.00000480. The lowest BCUT2D eigenvalue weighted by atomic mass is 9.95. The number of anilines is 1. The van der Waals surface area contributed by atoms with E-state index in [1.807, 2.05) is 30.3 Å². The molecule has 7 nitrogen and oxygen atoms in total. The summed E-state index contributed by atoms with van der Waals surface area (Å²) in [4.78, 5) is 34.4. The number of nitrogens with zero attached hydrogens (tertiary/aromatic N) is 2. The van der Waals surface area contributed by atoms with Gasteiger partial charge in [-0.2, -0.15) is 0 Å². The Kier molecular flexibility index (Phi) is 13.1. The molecule has 4 aromatic rings. The van der Waals surface area contributed by atoms with Crippen LogP contribution in [0.3, 0.4) is 0 Å². The Hall–Kier alpha value is -3.81. The zero-order valence-electron chi connectivity index (χ0n) is 26.9. The van der Waals surface area contributed by atoms with E-state index in [2.05, 4.69) is 70.8 Å². The summed E-state index contributed by atoms with van der Waals surface area (Å²) in [5, 5.41) is 10.9. The van der Waals surface area contributed by atoms with Crippen molar-refractivity contribution in [1.82, 2.24) is 20.5 Å². The first-order chi connectivity index (χ1) is 21.9. The lowest BCUT2D eigenvalue weighted by molar-refractivity contribution is -0.129. The van der Waals surface area contributed by atoms with Crippen molar-refractivity contribution in [2.24, 2.45) is 0 Å². The number of aryl methyl sites for hydroxylation is 1. The number of carbonyl (C=O) groups is 2. The van der Waals surface area contributed by atoms with Crippen LogP contribution in [-0.4, -0.2) is 59.3 Å². The molecule has 2 heterocycles. The second-order valence-electron chi connectivity index (χ2n) is 12.9. The molecule has 0 unspecified atom stereocenters. The number of fused-ring (bicyclic) bond motifs is 2. The molecule has 46 heavy (non-hydrogen) atoms. The molecule has 1 aliphatic heterocycles. The first kappa shape index (κ1) is 35.1. The molecule has 3 aromatic carbocycles. The smallest absolute Gasteiger partial charge is 0.237 e. The van der Waals surface area contributed by atoms with Gasteiger partial charge in [0.2, 0.25) is 5.91 Å². The maximum Gasteiger partial charge on any atom is 0.237 e. The fourth-order valence-corrected chi connectivity index (χ4v) is 6.53. The molecular weight excluding hydrogens is 570 g/mol. The molecule has 1 aliphatic rings. The molecule has 1 fully saturated rings. The number of ketones is 1. The molecule has 0 radical (unpaired) electrons. The minimum atomic E-state index is -0.608. The maximum atomic E-state index is 13.8. The number of nitrogens with two attached hydrogens (primary N) is 1. The standard InChI is InChI=1S/C38H49N5O2.CH4/c1-27(2)41-34(12-6-9-23-43-21-7-3-8-22-43)38(45)42-35(26-29-13-16-30-10-4-5-11-31(30)25-29)36(44)18-15-28-14-17-33-32(24-28)19-20-40-37(33)39;/h4-5,10-11,13-14,16-17,19-20,24-25,27,34-35,41H,3,6-9,12,15,18,21-23,26H2,1-2H3,(H2,39,40)(H,42,45);1H4/t34-,35+;/m1./s1. The van der Waals surface area contributed by atoms with Gasteiger partial charge in [0.1, 0.15) is 5.82 Å². The van der Waals surface area contributed by atoms with Crippen molar-refractivity contribution in [1.29, 1.82) is 0 Å². The van der Waals surface area contributed by atoms with E-state index in [0.717, 1.165) is 58.5 Å². The van der Waals surface area contributed by atoms with Gasteiger partial charge < -0.3 is 21.3 Å². The van der Waals surface area contributed by atoms with Gasteiger partial charge in [0.25, 0.3) is 0 Å². The third-order valence-electron chi connectivity index (χ3n) is 9.00. The van der Waals surface area contributed by atoms with Gasteiger partial charge in [-0.3, -0.25) is 9.59 Å². The average molecular weight is 624 g/mol. The minimum absolute atomic E-state index is 0. The van der Waals surface area contributed by atoms with Crippen LogP contribution in [0, 0.1) is 0 Å². The molecule has 1 amide bonds. The van der Waals surface area contributed by atoms with Crippen LogP contribution >= 0.6 is 0 Å². The van der Waals surface area contributed by atoms with Gasteiger partial charge in [-0.1, -0.05) is 94.8 Å². The highest BCUT2D eigenvalue weighted by atomic mass is 16.2. The Labute approximate surface area is 275 Å². The Bertz CT molecular complexity index is 1580. The number of pyridine rings is 1. The average Bonchev–Trinajstić information content (AvgIpc) is 3.05. The van der Waals surface area contributed by atoms with Gasteiger partial charge >= 0.3 is 0 Å². The fraction of sp³-hybridized carbons (Fsp3) is 0.462. The van der Waals surface area contributed by atoms with Crippen molar-refractivity contribution in [3.63, 3.8) is 0 Å². The number of hydrogen-bond acceptors (Lipinski definition) is 6. The number of amides is 1. The van der Waals surface area contributed by atoms with Crippen LogP contribution in [-0.2, 0) is 22.4 Å². The zero-order chi connectivity index (χ0) is 31.6. The van der Waals surface area contributed by atoms with E-state index in [0.29, 0.717) is 25.1 Å². The molecule has 0 aliphatic carbocycles. The molecule has 5 rings (SSSR count). The Morgan fingerprint density at radius 3 is 2.39 bits per heavy atom. The summed E-state index contributed by atoms with van der Waals surface area (Å²) in [5.41, 5.74) is 8.13. The molecule has 1 saturated heterocycles. The molecule has 7 heteroatoms. The van der Waals surface area contributed by atoms with E-state index in [9.17, 15) is 9.59 Å². The first-order valence-electron chi connectivity index (χ1n) is 16.8. The summed E-state index contributed by atoms with van der Waals surface area (Å²) >= 11 is 0. The van der Waals surface area contributed by atoms with Crippen molar-refractivity contribution in [3.8, 4) is 0 Å². The number of nitrogen functional groups attached to an aromatic ring is 1. The Morgan fingerprint density at radius 1 is 0.870 bits per heavy atom. The minimum Gasteiger partial charge on any atom is -0.383 e. The predicted molar refractivity (Wildman–Crippen MR) is 192 cm³/mol. The summed E-state index contributed by atoms with van der Waals surface area (Å²) in [6.07, 6.45) is 9.81. The summed E-state index contributed by atoms with van der Waals surface area (Å²) in [6, 6.07) is 21.7. The lowest BCUT2D eigenvalue weighted by Gasteiger charge is -2.27. The van der Waals surface area contributed by atoms with Crippen molar-refractivity contribution in [2.45, 2.75) is 97.2 Å². The number of unbranched alkanes of at least 4 members (excludes halogenated alkanes) is 1. The number of piperidine rings is 1. The van der Waals surface area contributed by atoms with Crippen molar-refractivity contribution in [2.75, 3.05) is 25.4 Å². The SMILES string of the molecule is C.CC(C)N[C@H](CCCCN1CCCCC1)C(=O)N[C@@H](Cc1ccc2ccccc2c1)C(=O)CCc1ccc2c(N)nccc2c1. The van der Waals surface area contributed by atoms with Crippen LogP contribution < -0.4 is 16.4 Å². The van der Waals surface area contributed by atoms with Crippen LogP contribution in [0.2, 0.25) is 0 Å². The largest absolute Gasteiger partial charge is 0.383 e. The van der Waals surface area contributed by atoms with Gasteiger partial charge in [-0.05, 0) is 91.5 Å². The van der Waals surface area contributed by atoms with Gasteiger partial charge in [0.15, 0.2) is 5.78 Å². The van der Waals surface area contributed by atoms with Gasteiger partial charge in [0.05, 0.1) is 12.1 Å². The third-order valence-corrected chi connectivity index (χ3v) is 9.00. The summed E-state index contributed by atoms with van der Waals surface area (Å²) in [6.45, 7) is 7.61. The van der Waals surface area contributed by atoms with E-state index in [-0.39, 0.29) is 31.2 Å². The highest BCUT2D eigenvalue weighted by Gasteiger charge is 2.26. The van der Waals surface area contributed by atoms with Crippen LogP contribution in [0.25, 0.3) is 21.5 Å². The van der Waals surface area contributed by atoms with Crippen molar-refractivity contribution < 1.29 is 9.59 Å². The number of carbonyl (C=O) groups excluding carboxylic acids is 2. The topological polar surface area (TPSA) is 100 Å². The monoisotopic (exact) mass is 623 g/mol. The van der Waals surface area contributed by atoms with E-state index < -0.39 is 6.04 Å². The Morgan fingerprint density at radius 2 is 1.61 bits per heavy atom. The molecular formula is C39H53N5O2. The number of benzene rings is 3.